The van der Waals surface area contributed by atoms with Gasteiger partial charge in [-0.15, -0.1) is 4.36 Å². The zero-order chi connectivity index (χ0) is 23.5. The summed E-state index contributed by atoms with van der Waals surface area (Å²) in [6.45, 7) is 7.64. The fraction of sp³-hybridized carbons (Fsp3) is 0.240. The van der Waals surface area contributed by atoms with Crippen molar-refractivity contribution in [3.05, 3.63) is 83.7 Å². The molecule has 0 aliphatic heterocycles. The van der Waals surface area contributed by atoms with Crippen LogP contribution in [-0.4, -0.2) is 10.2 Å². The first-order valence-electron chi connectivity index (χ1n) is 10.4. The third-order valence-electron chi connectivity index (χ3n) is 5.15. The van der Waals surface area contributed by atoms with Crippen LogP contribution in [0.4, 0.5) is 14.9 Å². The van der Waals surface area contributed by atoms with E-state index in [9.17, 15) is 13.4 Å². The van der Waals surface area contributed by atoms with Gasteiger partial charge in [-0.25, -0.2) is 18.5 Å². The number of hydrogen-bond acceptors (Lipinski definition) is 2. The summed E-state index contributed by atoms with van der Waals surface area (Å²) in [5.74, 6) is -0.453. The molecule has 1 unspecified atom stereocenters. The molecule has 3 aromatic carbocycles. The third kappa shape index (κ3) is 5.23. The van der Waals surface area contributed by atoms with Crippen LogP contribution >= 0.6 is 0 Å². The van der Waals surface area contributed by atoms with Crippen LogP contribution in [-0.2, 0) is 9.92 Å². The second-order valence-corrected chi connectivity index (χ2v) is 9.98. The lowest BCUT2D eigenvalue weighted by molar-refractivity contribution is 0.260. The van der Waals surface area contributed by atoms with Crippen LogP contribution in [0.1, 0.15) is 50.7 Å². The number of halogens is 1. The Hall–Kier alpha value is -3.03. The zero-order valence-corrected chi connectivity index (χ0v) is 19.4. The van der Waals surface area contributed by atoms with E-state index in [4.69, 9.17) is 5.14 Å². The molecule has 2 amide bonds. The third-order valence-corrected chi connectivity index (χ3v) is 6.57. The molecule has 0 saturated carbocycles. The highest BCUT2D eigenvalue weighted by Gasteiger charge is 2.20. The van der Waals surface area contributed by atoms with Gasteiger partial charge in [0.2, 0.25) is 0 Å². The highest BCUT2D eigenvalue weighted by Crippen LogP contribution is 2.34. The van der Waals surface area contributed by atoms with Gasteiger partial charge < -0.3 is 5.32 Å². The molecule has 0 heterocycles. The van der Waals surface area contributed by atoms with Crippen LogP contribution in [0.5, 0.6) is 0 Å². The Morgan fingerprint density at radius 1 is 0.938 bits per heavy atom. The van der Waals surface area contributed by atoms with Gasteiger partial charge in [-0.05, 0) is 46.7 Å². The van der Waals surface area contributed by atoms with E-state index < -0.39 is 15.9 Å². The molecule has 0 fully saturated rings. The largest absolute Gasteiger partial charge is 0.354 e. The van der Waals surface area contributed by atoms with Gasteiger partial charge in [-0.2, -0.15) is 0 Å². The molecule has 7 heteroatoms. The topological polar surface area (TPSA) is 84.6 Å². The van der Waals surface area contributed by atoms with Crippen LogP contribution in [0, 0.1) is 5.82 Å². The molecular weight excluding hydrogens is 425 g/mol. The number of hydrogen-bond donors (Lipinski definition) is 2. The number of rotatable bonds is 5. The Bertz CT molecular complexity index is 1220. The first kappa shape index (κ1) is 23.6. The number of nitrogens with zero attached hydrogens (tertiary/aromatic N) is 1. The number of amides is 2. The Labute approximate surface area is 189 Å². The highest BCUT2D eigenvalue weighted by molar-refractivity contribution is 7.91. The minimum Gasteiger partial charge on any atom is -0.305 e. The Morgan fingerprint density at radius 3 is 2.03 bits per heavy atom. The van der Waals surface area contributed by atoms with E-state index in [1.165, 1.54) is 12.1 Å². The maximum atomic E-state index is 14.2. The maximum Gasteiger partial charge on any atom is 0.354 e. The molecule has 0 aliphatic rings. The van der Waals surface area contributed by atoms with Crippen molar-refractivity contribution in [2.75, 3.05) is 5.32 Å². The SMILES string of the molecule is CC(C)c1cc(F)cc(C(C)C)c1NC(=O)N=S(N)(=O)c1ccccc1-c1ccccc1. The normalized spacial score (nSPS) is 13.1. The summed E-state index contributed by atoms with van der Waals surface area (Å²) in [6, 6.07) is 18.2. The Kier molecular flexibility index (Phi) is 7.11. The lowest BCUT2D eigenvalue weighted by Gasteiger charge is -2.20. The number of nitrogens with one attached hydrogen (secondary N) is 1. The Balaban J connectivity index is 2.05. The van der Waals surface area contributed by atoms with Crippen molar-refractivity contribution in [1.82, 2.24) is 0 Å². The second kappa shape index (κ2) is 9.63. The lowest BCUT2D eigenvalue weighted by Crippen LogP contribution is -2.20. The minimum atomic E-state index is -3.54. The first-order valence-corrected chi connectivity index (χ1v) is 12.0. The van der Waals surface area contributed by atoms with Crippen molar-refractivity contribution in [3.8, 4) is 11.1 Å². The van der Waals surface area contributed by atoms with Crippen molar-refractivity contribution >= 4 is 21.6 Å². The molecule has 32 heavy (non-hydrogen) atoms. The molecule has 168 valence electrons. The van der Waals surface area contributed by atoms with Gasteiger partial charge in [0.25, 0.3) is 0 Å². The summed E-state index contributed by atoms with van der Waals surface area (Å²) in [6.07, 6.45) is 0. The zero-order valence-electron chi connectivity index (χ0n) is 18.6. The summed E-state index contributed by atoms with van der Waals surface area (Å²) in [7, 11) is -3.54. The summed E-state index contributed by atoms with van der Waals surface area (Å²) in [5, 5.41) is 8.81. The van der Waals surface area contributed by atoms with Gasteiger partial charge in [0.15, 0.2) is 0 Å². The monoisotopic (exact) mass is 453 g/mol. The van der Waals surface area contributed by atoms with Crippen molar-refractivity contribution < 1.29 is 13.4 Å². The van der Waals surface area contributed by atoms with Crippen LogP contribution in [0.15, 0.2) is 76.0 Å². The van der Waals surface area contributed by atoms with Crippen LogP contribution in [0.25, 0.3) is 11.1 Å². The smallest absolute Gasteiger partial charge is 0.305 e. The molecule has 0 spiro atoms. The maximum absolute atomic E-state index is 14.2. The highest BCUT2D eigenvalue weighted by atomic mass is 32.2. The van der Waals surface area contributed by atoms with E-state index in [-0.39, 0.29) is 22.5 Å². The number of carbonyl (C=O) groups excluding carboxylic acids is 1. The molecule has 5 nitrogen and oxygen atoms in total. The standard InChI is InChI=1S/C25H28FN3O2S/c1-16(2)21-14-19(26)15-22(17(3)4)24(21)28-25(30)29-32(27,31)23-13-9-8-12-20(23)18-10-6-5-7-11-18/h5-17H,1-4H3,(H3,27,28,29,30,31). The van der Waals surface area contributed by atoms with E-state index in [1.54, 1.807) is 18.2 Å². The van der Waals surface area contributed by atoms with Crippen LogP contribution < -0.4 is 10.5 Å². The van der Waals surface area contributed by atoms with Gasteiger partial charge in [0, 0.05) is 11.3 Å². The average Bonchev–Trinajstić information content (AvgIpc) is 2.74. The van der Waals surface area contributed by atoms with E-state index >= 15 is 0 Å². The number of benzene rings is 3. The molecule has 0 aromatic heterocycles. The molecule has 0 saturated heterocycles. The van der Waals surface area contributed by atoms with Gasteiger partial charge >= 0.3 is 6.03 Å². The van der Waals surface area contributed by atoms with Crippen molar-refractivity contribution in [3.63, 3.8) is 0 Å². The molecule has 0 radical (unpaired) electrons. The van der Waals surface area contributed by atoms with Crippen LogP contribution in [0.2, 0.25) is 0 Å². The summed E-state index contributed by atoms with van der Waals surface area (Å²) < 4.78 is 31.4. The second-order valence-electron chi connectivity index (χ2n) is 8.22. The van der Waals surface area contributed by atoms with E-state index in [0.717, 1.165) is 5.56 Å². The summed E-state index contributed by atoms with van der Waals surface area (Å²) >= 11 is 0. The molecule has 3 N–H and O–H groups in total. The fourth-order valence-corrected chi connectivity index (χ4v) is 4.75. The number of anilines is 1. The van der Waals surface area contributed by atoms with Crippen molar-refractivity contribution in [2.24, 2.45) is 9.50 Å². The van der Waals surface area contributed by atoms with Gasteiger partial charge in [-0.1, -0.05) is 76.2 Å². The number of carbonyl (C=O) groups is 1. The van der Waals surface area contributed by atoms with Gasteiger partial charge in [0.05, 0.1) is 4.90 Å². The van der Waals surface area contributed by atoms with Gasteiger partial charge in [-0.3, -0.25) is 0 Å². The van der Waals surface area contributed by atoms with E-state index in [0.29, 0.717) is 22.4 Å². The Morgan fingerprint density at radius 2 is 1.47 bits per heavy atom. The van der Waals surface area contributed by atoms with Crippen LogP contribution in [0.3, 0.4) is 0 Å². The molecule has 0 bridgehead atoms. The number of urea groups is 1. The predicted octanol–water partition coefficient (Wildman–Crippen LogP) is 6.67. The fourth-order valence-electron chi connectivity index (χ4n) is 3.58. The van der Waals surface area contributed by atoms with Crippen molar-refractivity contribution in [1.29, 1.82) is 0 Å². The lowest BCUT2D eigenvalue weighted by atomic mass is 9.92. The molecule has 3 rings (SSSR count). The average molecular weight is 454 g/mol. The molecular formula is C25H28FN3O2S. The predicted molar refractivity (Wildman–Crippen MR) is 128 cm³/mol. The van der Waals surface area contributed by atoms with Gasteiger partial charge in [0.1, 0.15) is 15.7 Å². The summed E-state index contributed by atoms with van der Waals surface area (Å²) in [5.41, 5.74) is 3.23. The summed E-state index contributed by atoms with van der Waals surface area (Å²) in [4.78, 5) is 13.1. The molecule has 0 aliphatic carbocycles. The molecule has 1 atom stereocenters. The van der Waals surface area contributed by atoms with Crippen molar-refractivity contribution in [2.45, 2.75) is 44.4 Å². The molecule has 3 aromatic rings. The van der Waals surface area contributed by atoms with E-state index in [1.807, 2.05) is 64.1 Å². The van der Waals surface area contributed by atoms with E-state index in [2.05, 4.69) is 9.68 Å². The first-order chi connectivity index (χ1) is 15.1. The quantitative estimate of drug-likeness (QED) is 0.452. The number of nitrogens with two attached hydrogens (primary N) is 1. The minimum absolute atomic E-state index is 0.0421.